The van der Waals surface area contributed by atoms with E-state index in [1.807, 2.05) is 94.5 Å². The van der Waals surface area contributed by atoms with Crippen molar-refractivity contribution in [3.63, 3.8) is 0 Å². The number of hydrogen-bond acceptors (Lipinski definition) is 6. The van der Waals surface area contributed by atoms with Gasteiger partial charge in [-0.2, -0.15) is 5.10 Å². The molecule has 5 aromatic rings. The SMILES string of the molecule is COc1ccc(-c2nc(-c3ccncc3)nn2CCN(C(=O)c2ccc(OCc3ccccc3)cc2)C2CCCC2)cc1Cl. The average molecular weight is 608 g/mol. The molecule has 1 saturated carbocycles. The molecule has 0 atom stereocenters. The second-order valence-electron chi connectivity index (χ2n) is 10.8. The highest BCUT2D eigenvalue weighted by Gasteiger charge is 2.28. The highest BCUT2D eigenvalue weighted by atomic mass is 35.5. The first-order chi connectivity index (χ1) is 21.6. The van der Waals surface area contributed by atoms with E-state index in [9.17, 15) is 4.79 Å². The number of amides is 1. The Morgan fingerprint density at radius 3 is 2.41 bits per heavy atom. The first-order valence-electron chi connectivity index (χ1n) is 14.9. The van der Waals surface area contributed by atoms with Crippen molar-refractivity contribution in [2.75, 3.05) is 13.7 Å². The molecule has 1 amide bonds. The molecule has 1 aliphatic carbocycles. The number of methoxy groups -OCH3 is 1. The third kappa shape index (κ3) is 6.76. The summed E-state index contributed by atoms with van der Waals surface area (Å²) < 4.78 is 13.2. The summed E-state index contributed by atoms with van der Waals surface area (Å²) in [5.41, 5.74) is 3.41. The van der Waals surface area contributed by atoms with Crippen LogP contribution in [-0.4, -0.2) is 50.3 Å². The number of carbonyl (C=O) groups excluding carboxylic acids is 1. The summed E-state index contributed by atoms with van der Waals surface area (Å²) in [7, 11) is 1.59. The minimum atomic E-state index is 0.00928. The van der Waals surface area contributed by atoms with Crippen LogP contribution in [-0.2, 0) is 13.2 Å². The molecule has 2 aromatic heterocycles. The Labute approximate surface area is 262 Å². The lowest BCUT2D eigenvalue weighted by Gasteiger charge is -2.29. The van der Waals surface area contributed by atoms with E-state index in [4.69, 9.17) is 31.2 Å². The molecule has 6 rings (SSSR count). The zero-order valence-corrected chi connectivity index (χ0v) is 25.4. The van der Waals surface area contributed by atoms with E-state index >= 15 is 0 Å². The summed E-state index contributed by atoms with van der Waals surface area (Å²) in [4.78, 5) is 25.0. The molecular weight excluding hydrogens is 574 g/mol. The van der Waals surface area contributed by atoms with Crippen LogP contribution in [0.2, 0.25) is 5.02 Å². The van der Waals surface area contributed by atoms with Crippen molar-refractivity contribution in [1.29, 1.82) is 0 Å². The van der Waals surface area contributed by atoms with Crippen molar-refractivity contribution in [2.45, 2.75) is 44.9 Å². The third-order valence-electron chi connectivity index (χ3n) is 7.95. The summed E-state index contributed by atoms with van der Waals surface area (Å²) in [6, 6.07) is 27.0. The van der Waals surface area contributed by atoms with Crippen LogP contribution < -0.4 is 9.47 Å². The molecule has 0 spiro atoms. The zero-order valence-electron chi connectivity index (χ0n) is 24.6. The predicted octanol–water partition coefficient (Wildman–Crippen LogP) is 7.33. The van der Waals surface area contributed by atoms with E-state index in [0.717, 1.165) is 48.1 Å². The van der Waals surface area contributed by atoms with Gasteiger partial charge in [-0.25, -0.2) is 9.67 Å². The quantitative estimate of drug-likeness (QED) is 0.156. The lowest BCUT2D eigenvalue weighted by molar-refractivity contribution is 0.0672. The van der Waals surface area contributed by atoms with Crippen molar-refractivity contribution < 1.29 is 14.3 Å². The van der Waals surface area contributed by atoms with Crippen LogP contribution in [0.15, 0.2) is 97.3 Å². The highest BCUT2D eigenvalue weighted by Crippen LogP contribution is 2.31. The molecule has 3 aromatic carbocycles. The van der Waals surface area contributed by atoms with Crippen LogP contribution in [0.3, 0.4) is 0 Å². The first-order valence-corrected chi connectivity index (χ1v) is 15.2. The maximum atomic E-state index is 13.9. The summed E-state index contributed by atoms with van der Waals surface area (Å²) in [5, 5.41) is 5.36. The number of halogens is 1. The van der Waals surface area contributed by atoms with E-state index in [1.54, 1.807) is 19.5 Å². The van der Waals surface area contributed by atoms with Gasteiger partial charge in [-0.3, -0.25) is 9.78 Å². The molecule has 0 N–H and O–H groups in total. The van der Waals surface area contributed by atoms with Gasteiger partial charge in [0.2, 0.25) is 0 Å². The standard InChI is InChI=1S/C35H34ClN5O3/c1-43-32-16-13-28(23-31(32)36)34-38-33(26-17-19-37-20-18-26)39-41(34)22-21-40(29-9-5-6-10-29)35(42)27-11-14-30(15-12-27)44-24-25-7-3-2-4-8-25/h2-4,7-8,11-20,23,29H,5-6,9-10,21-22,24H2,1H3. The largest absolute Gasteiger partial charge is 0.495 e. The number of pyridine rings is 1. The molecule has 0 radical (unpaired) electrons. The Bertz CT molecular complexity index is 1690. The molecule has 2 heterocycles. The van der Waals surface area contributed by atoms with Crippen LogP contribution >= 0.6 is 11.6 Å². The van der Waals surface area contributed by atoms with E-state index in [1.165, 1.54) is 0 Å². The first kappa shape index (κ1) is 29.4. The van der Waals surface area contributed by atoms with Gasteiger partial charge in [0.25, 0.3) is 5.91 Å². The molecule has 1 aliphatic rings. The normalized spacial score (nSPS) is 13.1. The number of rotatable bonds is 11. The van der Waals surface area contributed by atoms with Gasteiger partial charge in [0.05, 0.1) is 18.7 Å². The van der Waals surface area contributed by atoms with Crippen molar-refractivity contribution in [2.24, 2.45) is 0 Å². The minimum Gasteiger partial charge on any atom is -0.495 e. The predicted molar refractivity (Wildman–Crippen MR) is 171 cm³/mol. The van der Waals surface area contributed by atoms with Gasteiger partial charge < -0.3 is 14.4 Å². The minimum absolute atomic E-state index is 0.00928. The van der Waals surface area contributed by atoms with Gasteiger partial charge >= 0.3 is 0 Å². The van der Waals surface area contributed by atoms with Crippen LogP contribution in [0.1, 0.15) is 41.6 Å². The van der Waals surface area contributed by atoms with Gasteiger partial charge in [-0.1, -0.05) is 54.8 Å². The highest BCUT2D eigenvalue weighted by molar-refractivity contribution is 6.32. The fourth-order valence-electron chi connectivity index (χ4n) is 5.61. The Balaban J connectivity index is 1.23. The number of hydrogen-bond donors (Lipinski definition) is 0. The van der Waals surface area contributed by atoms with Crippen molar-refractivity contribution in [1.82, 2.24) is 24.6 Å². The number of carbonyl (C=O) groups is 1. The molecule has 8 nitrogen and oxygen atoms in total. The molecule has 9 heteroatoms. The van der Waals surface area contributed by atoms with Crippen LogP contribution in [0.25, 0.3) is 22.8 Å². The summed E-state index contributed by atoms with van der Waals surface area (Å²) >= 11 is 6.49. The fraction of sp³-hybridized carbons (Fsp3) is 0.257. The number of benzene rings is 3. The number of nitrogens with zero attached hydrogens (tertiary/aromatic N) is 5. The molecule has 0 unspecified atom stereocenters. The van der Waals surface area contributed by atoms with Crippen molar-refractivity contribution in [3.8, 4) is 34.3 Å². The molecule has 0 aliphatic heterocycles. The van der Waals surface area contributed by atoms with Crippen molar-refractivity contribution >= 4 is 17.5 Å². The van der Waals surface area contributed by atoms with Gasteiger partial charge in [0, 0.05) is 41.7 Å². The van der Waals surface area contributed by atoms with Gasteiger partial charge in [0.15, 0.2) is 11.6 Å². The monoisotopic (exact) mass is 607 g/mol. The number of aromatic nitrogens is 4. The Hall–Kier alpha value is -4.69. The number of ether oxygens (including phenoxy) is 2. The molecule has 1 fully saturated rings. The maximum Gasteiger partial charge on any atom is 0.254 e. The van der Waals surface area contributed by atoms with Crippen LogP contribution in [0.5, 0.6) is 11.5 Å². The molecule has 44 heavy (non-hydrogen) atoms. The van der Waals surface area contributed by atoms with Gasteiger partial charge in [-0.15, -0.1) is 0 Å². The van der Waals surface area contributed by atoms with E-state index in [0.29, 0.717) is 47.7 Å². The average Bonchev–Trinajstić information content (AvgIpc) is 3.76. The van der Waals surface area contributed by atoms with E-state index < -0.39 is 0 Å². The third-order valence-corrected chi connectivity index (χ3v) is 8.24. The Morgan fingerprint density at radius 1 is 0.955 bits per heavy atom. The summed E-state index contributed by atoms with van der Waals surface area (Å²) in [6.07, 6.45) is 7.66. The topological polar surface area (TPSA) is 82.4 Å². The molecular formula is C35H34ClN5O3. The zero-order chi connectivity index (χ0) is 30.3. The molecule has 0 saturated heterocycles. The molecule has 0 bridgehead atoms. The van der Waals surface area contributed by atoms with E-state index in [-0.39, 0.29) is 11.9 Å². The smallest absolute Gasteiger partial charge is 0.254 e. The van der Waals surface area contributed by atoms with Gasteiger partial charge in [-0.05, 0) is 73.0 Å². The van der Waals surface area contributed by atoms with Crippen molar-refractivity contribution in [3.05, 3.63) is 113 Å². The summed E-state index contributed by atoms with van der Waals surface area (Å²) in [6.45, 7) is 1.44. The van der Waals surface area contributed by atoms with E-state index in [2.05, 4.69) is 4.98 Å². The lowest BCUT2D eigenvalue weighted by Crippen LogP contribution is -2.41. The lowest BCUT2D eigenvalue weighted by atomic mass is 10.1. The fourth-order valence-corrected chi connectivity index (χ4v) is 5.87. The second kappa shape index (κ2) is 13.7. The van der Waals surface area contributed by atoms with Crippen LogP contribution in [0, 0.1) is 0 Å². The summed E-state index contributed by atoms with van der Waals surface area (Å²) in [5.74, 6) is 2.58. The Kier molecular flexibility index (Phi) is 9.17. The second-order valence-corrected chi connectivity index (χ2v) is 11.2. The van der Waals surface area contributed by atoms with Crippen LogP contribution in [0.4, 0.5) is 0 Å². The van der Waals surface area contributed by atoms with Gasteiger partial charge in [0.1, 0.15) is 18.1 Å². The Morgan fingerprint density at radius 2 is 1.70 bits per heavy atom. The molecule has 224 valence electrons. The maximum absolute atomic E-state index is 13.9.